The lowest BCUT2D eigenvalue weighted by Gasteiger charge is -2.19. The first-order valence-corrected chi connectivity index (χ1v) is 14.9. The van der Waals surface area contributed by atoms with E-state index in [0.29, 0.717) is 0 Å². The van der Waals surface area contributed by atoms with Crippen LogP contribution in [0.1, 0.15) is 39.5 Å². The van der Waals surface area contributed by atoms with Crippen LogP contribution in [0, 0.1) is 0 Å². The Hall–Kier alpha value is -2.90. The molecule has 0 aliphatic carbocycles. The first kappa shape index (κ1) is 35.3. The van der Waals surface area contributed by atoms with Crippen LogP contribution in [0.3, 0.4) is 0 Å². The predicted octanol–water partition coefficient (Wildman–Crippen LogP) is 9.03. The van der Waals surface area contributed by atoms with E-state index < -0.39 is 27.7 Å². The molecule has 0 bridgehead atoms. The van der Waals surface area contributed by atoms with Crippen LogP contribution in [0.25, 0.3) is 22.3 Å². The molecule has 0 spiro atoms. The van der Waals surface area contributed by atoms with E-state index in [4.69, 9.17) is 26.7 Å². The van der Waals surface area contributed by atoms with Crippen molar-refractivity contribution in [2.24, 2.45) is 0 Å². The number of ether oxygens (including phenoxy) is 2. The molecule has 5 nitrogen and oxygen atoms in total. The second-order valence-electron chi connectivity index (χ2n) is 9.09. The van der Waals surface area contributed by atoms with Gasteiger partial charge in [-0.25, -0.2) is 4.39 Å². The lowest BCUT2D eigenvalue weighted by molar-refractivity contribution is -0.223. The smallest absolute Gasteiger partial charge is 0.426 e. The molecular weight excluding hydrogens is 606 g/mol. The van der Waals surface area contributed by atoms with Gasteiger partial charge in [0.05, 0.1) is 13.2 Å². The van der Waals surface area contributed by atoms with Gasteiger partial charge in [0.15, 0.2) is 0 Å². The molecule has 232 valence electrons. The second kappa shape index (κ2) is 15.5. The van der Waals surface area contributed by atoms with Crippen LogP contribution in [0.4, 0.5) is 26.3 Å². The van der Waals surface area contributed by atoms with Gasteiger partial charge in [-0.3, -0.25) is 4.55 Å². The molecule has 0 fully saturated rings. The van der Waals surface area contributed by atoms with Crippen LogP contribution in [-0.2, 0) is 10.1 Å². The summed E-state index contributed by atoms with van der Waals surface area (Å²) in [6, 6.07) is 22.9. The third-order valence-corrected chi connectivity index (χ3v) is 7.08. The molecule has 3 aromatic carbocycles. The van der Waals surface area contributed by atoms with Crippen molar-refractivity contribution in [1.29, 1.82) is 0 Å². The molecule has 1 N–H and O–H groups in total. The van der Waals surface area contributed by atoms with Crippen molar-refractivity contribution >= 4 is 22.7 Å². The summed E-state index contributed by atoms with van der Waals surface area (Å²) in [4.78, 5) is 0.963. The average molecular weight is 639 g/mol. The fourth-order valence-corrected chi connectivity index (χ4v) is 4.25. The Labute approximate surface area is 247 Å². The Morgan fingerprint density at radius 2 is 1.24 bits per heavy atom. The Morgan fingerprint density at radius 1 is 0.786 bits per heavy atom. The van der Waals surface area contributed by atoms with Crippen LogP contribution in [0.15, 0.2) is 71.6 Å². The van der Waals surface area contributed by atoms with Crippen LogP contribution in [0.5, 0.6) is 11.5 Å². The van der Waals surface area contributed by atoms with E-state index in [1.165, 1.54) is 0 Å². The van der Waals surface area contributed by atoms with Gasteiger partial charge in [0.1, 0.15) is 11.5 Å². The molecule has 0 aliphatic heterocycles. The molecule has 0 aliphatic rings. The van der Waals surface area contributed by atoms with Crippen molar-refractivity contribution in [2.75, 3.05) is 13.2 Å². The standard InChI is InChI=1S/C26H30O2S.C3H2F6O3S/c1-3-5-18-27-22-14-10-20(11-15-22)24-8-7-9-25(29)26(24)21-12-16-23(17-13-21)28-19-6-4-2;4-1(2(5,6)7)3(8,9)13(10,11)12/h7-17,29H,3-6,18-19H2,1-2H3;1H,(H,10,11,12). The van der Waals surface area contributed by atoms with Gasteiger partial charge in [-0.05, 0) is 59.9 Å². The van der Waals surface area contributed by atoms with Crippen LogP contribution >= 0.6 is 12.6 Å². The molecule has 3 aromatic rings. The number of unbranched alkanes of at least 4 members (excludes halogenated alkanes) is 2. The number of hydrogen-bond acceptors (Lipinski definition) is 5. The van der Waals surface area contributed by atoms with Crippen molar-refractivity contribution in [3.63, 3.8) is 0 Å². The summed E-state index contributed by atoms with van der Waals surface area (Å²) < 4.78 is 108. The molecule has 1 atom stereocenters. The number of thiol groups is 1. The summed E-state index contributed by atoms with van der Waals surface area (Å²) in [5, 5.41) is -5.88. The molecule has 0 saturated carbocycles. The highest BCUT2D eigenvalue weighted by Crippen LogP contribution is 2.39. The maximum absolute atomic E-state index is 11.9. The lowest BCUT2D eigenvalue weighted by atomic mass is 9.94. The van der Waals surface area contributed by atoms with E-state index in [2.05, 4.69) is 50.2 Å². The van der Waals surface area contributed by atoms with Gasteiger partial charge in [-0.1, -0.05) is 63.1 Å². The van der Waals surface area contributed by atoms with E-state index in [9.17, 15) is 34.8 Å². The maximum Gasteiger partial charge on any atom is 0.426 e. The molecule has 42 heavy (non-hydrogen) atoms. The first-order valence-electron chi connectivity index (χ1n) is 13.0. The van der Waals surface area contributed by atoms with Gasteiger partial charge in [-0.2, -0.15) is 30.4 Å². The topological polar surface area (TPSA) is 72.8 Å². The fraction of sp³-hybridized carbons (Fsp3) is 0.379. The monoisotopic (exact) mass is 638 g/mol. The van der Waals surface area contributed by atoms with Crippen molar-refractivity contribution < 1.29 is 48.8 Å². The van der Waals surface area contributed by atoms with Gasteiger partial charge < -0.3 is 9.47 Å². The summed E-state index contributed by atoms with van der Waals surface area (Å²) >= 11 is 4.75. The third kappa shape index (κ3) is 9.84. The Balaban J connectivity index is 0.000000401. The first-order chi connectivity index (χ1) is 19.6. The van der Waals surface area contributed by atoms with Crippen molar-refractivity contribution in [3.8, 4) is 33.8 Å². The summed E-state index contributed by atoms with van der Waals surface area (Å²) in [5.41, 5.74) is 4.59. The number of benzene rings is 3. The zero-order chi connectivity index (χ0) is 31.6. The van der Waals surface area contributed by atoms with Crippen molar-refractivity contribution in [1.82, 2.24) is 0 Å². The summed E-state index contributed by atoms with van der Waals surface area (Å²) in [6.45, 7) is 5.86. The van der Waals surface area contributed by atoms with Crippen LogP contribution < -0.4 is 9.47 Å². The molecule has 0 saturated heterocycles. The van der Waals surface area contributed by atoms with Gasteiger partial charge in [-0.15, -0.1) is 12.6 Å². The molecule has 13 heteroatoms. The van der Waals surface area contributed by atoms with Gasteiger partial charge in [0, 0.05) is 10.5 Å². The molecule has 0 radical (unpaired) electrons. The predicted molar refractivity (Wildman–Crippen MR) is 153 cm³/mol. The number of hydrogen-bond donors (Lipinski definition) is 2. The van der Waals surface area contributed by atoms with Crippen LogP contribution in [-0.4, -0.2) is 43.8 Å². The van der Waals surface area contributed by atoms with Gasteiger partial charge in [0.25, 0.3) is 6.17 Å². The van der Waals surface area contributed by atoms with Gasteiger partial charge >= 0.3 is 21.5 Å². The van der Waals surface area contributed by atoms with E-state index >= 15 is 0 Å². The second-order valence-corrected chi connectivity index (χ2v) is 11.1. The summed E-state index contributed by atoms with van der Waals surface area (Å²) in [6.07, 6.45) is -6.58. The Morgan fingerprint density at radius 3 is 1.62 bits per heavy atom. The zero-order valence-corrected chi connectivity index (χ0v) is 24.6. The number of rotatable bonds is 12. The fourth-order valence-electron chi connectivity index (χ4n) is 3.52. The molecule has 0 aromatic heterocycles. The summed E-state index contributed by atoms with van der Waals surface area (Å²) in [7, 11) is -6.41. The minimum Gasteiger partial charge on any atom is -0.494 e. The Bertz CT molecular complexity index is 1360. The van der Waals surface area contributed by atoms with Gasteiger partial charge in [0.2, 0.25) is 0 Å². The third-order valence-electron chi connectivity index (χ3n) is 5.81. The highest BCUT2D eigenvalue weighted by Gasteiger charge is 2.64. The molecular formula is C29H32F6O5S2. The maximum atomic E-state index is 11.9. The highest BCUT2D eigenvalue weighted by molar-refractivity contribution is 7.86. The SMILES string of the molecule is CCCCOc1ccc(-c2cccc(S)c2-c2ccc(OCCCC)cc2)cc1.O=S(=O)(O)C(F)(F)C(F)C(F)(F)F. The highest BCUT2D eigenvalue weighted by atomic mass is 32.2. The zero-order valence-electron chi connectivity index (χ0n) is 22.9. The minimum absolute atomic E-state index is 0.761. The van der Waals surface area contributed by atoms with Crippen LogP contribution in [0.2, 0.25) is 0 Å². The van der Waals surface area contributed by atoms with E-state index in [1.54, 1.807) is 0 Å². The Kier molecular flexibility index (Phi) is 13.1. The van der Waals surface area contributed by atoms with Crippen molar-refractivity contribution in [3.05, 3.63) is 66.7 Å². The average Bonchev–Trinajstić information content (AvgIpc) is 2.93. The molecule has 3 rings (SSSR count). The normalized spacial score (nSPS) is 12.7. The quantitative estimate of drug-likeness (QED) is 0.0897. The molecule has 1 unspecified atom stereocenters. The largest absolute Gasteiger partial charge is 0.494 e. The van der Waals surface area contributed by atoms with Crippen molar-refractivity contribution in [2.45, 2.75) is 62.0 Å². The van der Waals surface area contributed by atoms with E-state index in [0.717, 1.165) is 77.5 Å². The molecule has 0 amide bonds. The van der Waals surface area contributed by atoms with E-state index in [-0.39, 0.29) is 0 Å². The summed E-state index contributed by atoms with van der Waals surface area (Å²) in [5.74, 6) is 1.83. The van der Waals surface area contributed by atoms with E-state index in [1.807, 2.05) is 30.3 Å². The molecule has 0 heterocycles. The number of halogens is 6. The number of alkyl halides is 6. The minimum atomic E-state index is -6.41. The lowest BCUT2D eigenvalue weighted by Crippen LogP contribution is -2.46.